The minimum atomic E-state index is -0.929. The first kappa shape index (κ1) is 9.01. The third kappa shape index (κ3) is 1.24. The van der Waals surface area contributed by atoms with Crippen LogP contribution < -0.4 is 5.32 Å². The molecular weight excluding hydrogens is 296 g/mol. The third-order valence-electron chi connectivity index (χ3n) is 2.41. The first-order chi connectivity index (χ1) is 5.74. The van der Waals surface area contributed by atoms with Crippen molar-refractivity contribution in [1.82, 2.24) is 5.32 Å². The van der Waals surface area contributed by atoms with Crippen LogP contribution in [0.1, 0.15) is 6.42 Å². The zero-order valence-electron chi connectivity index (χ0n) is 6.00. The van der Waals surface area contributed by atoms with E-state index in [1.54, 1.807) is 0 Å². The monoisotopic (exact) mass is 303 g/mol. The summed E-state index contributed by atoms with van der Waals surface area (Å²) in [5.41, 5.74) is 0. The largest absolute Gasteiger partial charge is 0.347 e. The summed E-state index contributed by atoms with van der Waals surface area (Å²) in [6, 6.07) is -0.412. The predicted octanol–water partition coefficient (Wildman–Crippen LogP) is 1.23. The molecule has 68 valence electrons. The van der Waals surface area contributed by atoms with Crippen LogP contribution in [0.3, 0.4) is 0 Å². The molecule has 6 heteroatoms. The van der Waals surface area contributed by atoms with Gasteiger partial charge in [0, 0.05) is 21.2 Å². The number of rotatable bonds is 2. The van der Waals surface area contributed by atoms with Crippen LogP contribution in [0.5, 0.6) is 0 Å². The van der Waals surface area contributed by atoms with Crippen LogP contribution in [0.15, 0.2) is 0 Å². The van der Waals surface area contributed by atoms with Gasteiger partial charge in [-0.05, 0) is 6.42 Å². The molecule has 1 amide bonds. The quantitative estimate of drug-likeness (QED) is 0.616. The van der Waals surface area contributed by atoms with Gasteiger partial charge in [-0.2, -0.15) is 0 Å². The van der Waals surface area contributed by atoms with E-state index in [0.717, 1.165) is 9.21 Å². The summed E-state index contributed by atoms with van der Waals surface area (Å²) >= 11 is 1.97. The second-order valence-corrected chi connectivity index (χ2v) is 4.41. The zero-order chi connectivity index (χ0) is 8.72. The summed E-state index contributed by atoms with van der Waals surface area (Å²) in [7, 11) is 1.16. The van der Waals surface area contributed by atoms with Crippen molar-refractivity contribution >= 4 is 36.3 Å². The standard InChI is InChI=1S/C6H7FINO2S/c7-3-1-2-5(11-12-8)4(3)9-6(2)10/h2-5H,1H2,(H,9,10). The second-order valence-electron chi connectivity index (χ2n) is 3.02. The SMILES string of the molecule is O=C1NC2C(F)CC1C2OSI. The van der Waals surface area contributed by atoms with E-state index in [9.17, 15) is 9.18 Å². The van der Waals surface area contributed by atoms with Crippen LogP contribution in [0, 0.1) is 5.92 Å². The van der Waals surface area contributed by atoms with Gasteiger partial charge in [0.1, 0.15) is 12.3 Å². The van der Waals surface area contributed by atoms with Crippen molar-refractivity contribution in [2.45, 2.75) is 24.7 Å². The highest BCUT2D eigenvalue weighted by Gasteiger charge is 2.54. The Balaban J connectivity index is 2.11. The zero-order valence-corrected chi connectivity index (χ0v) is 8.97. The van der Waals surface area contributed by atoms with Crippen LogP contribution in [-0.2, 0) is 8.98 Å². The van der Waals surface area contributed by atoms with Crippen LogP contribution >= 0.6 is 30.4 Å². The molecular formula is C6H7FINO2S. The Bertz CT molecular complexity index is 218. The van der Waals surface area contributed by atoms with Crippen LogP contribution in [0.25, 0.3) is 0 Å². The fourth-order valence-electron chi connectivity index (χ4n) is 1.85. The maximum Gasteiger partial charge on any atom is 0.226 e. The number of piperidine rings is 1. The average Bonchev–Trinajstić information content (AvgIpc) is 2.45. The summed E-state index contributed by atoms with van der Waals surface area (Å²) in [6.07, 6.45) is -0.881. The molecule has 0 aromatic heterocycles. The van der Waals surface area contributed by atoms with Crippen molar-refractivity contribution in [2.75, 3.05) is 0 Å². The lowest BCUT2D eigenvalue weighted by Crippen LogP contribution is -2.39. The molecule has 2 rings (SSSR count). The minimum absolute atomic E-state index is 0.0654. The highest BCUT2D eigenvalue weighted by Crippen LogP contribution is 2.39. The van der Waals surface area contributed by atoms with Crippen molar-refractivity contribution in [3.8, 4) is 0 Å². The Hall–Kier alpha value is 0.440. The predicted molar refractivity (Wildman–Crippen MR) is 51.4 cm³/mol. The molecule has 1 N–H and O–H groups in total. The molecule has 2 fully saturated rings. The number of hydrogen-bond acceptors (Lipinski definition) is 3. The van der Waals surface area contributed by atoms with Crippen LogP contribution in [0.2, 0.25) is 0 Å². The lowest BCUT2D eigenvalue weighted by Gasteiger charge is -2.14. The van der Waals surface area contributed by atoms with Gasteiger partial charge in [-0.25, -0.2) is 4.39 Å². The number of amides is 1. The van der Waals surface area contributed by atoms with Crippen molar-refractivity contribution in [1.29, 1.82) is 0 Å². The van der Waals surface area contributed by atoms with Crippen molar-refractivity contribution in [2.24, 2.45) is 5.92 Å². The molecule has 0 radical (unpaired) electrons. The average molecular weight is 303 g/mol. The number of halogens is 2. The van der Waals surface area contributed by atoms with Gasteiger partial charge >= 0.3 is 0 Å². The van der Waals surface area contributed by atoms with Gasteiger partial charge in [-0.1, -0.05) is 0 Å². The normalized spacial score (nSPS) is 45.0. The Kier molecular flexibility index (Phi) is 2.48. The molecule has 0 aromatic carbocycles. The first-order valence-electron chi connectivity index (χ1n) is 3.62. The molecule has 2 bridgehead atoms. The van der Waals surface area contributed by atoms with E-state index < -0.39 is 12.2 Å². The molecule has 3 nitrogen and oxygen atoms in total. The summed E-state index contributed by atoms with van der Waals surface area (Å²) in [5, 5.41) is 2.58. The van der Waals surface area contributed by atoms with E-state index in [1.165, 1.54) is 0 Å². The highest BCUT2D eigenvalue weighted by molar-refractivity contribution is 14.2. The van der Waals surface area contributed by atoms with Gasteiger partial charge in [0.15, 0.2) is 0 Å². The lowest BCUT2D eigenvalue weighted by molar-refractivity contribution is -0.124. The topological polar surface area (TPSA) is 38.3 Å². The second kappa shape index (κ2) is 3.30. The molecule has 1 heterocycles. The van der Waals surface area contributed by atoms with Gasteiger partial charge in [-0.15, -0.1) is 0 Å². The summed E-state index contributed by atoms with van der Waals surface area (Å²) < 4.78 is 18.3. The Labute approximate surface area is 85.6 Å². The molecule has 12 heavy (non-hydrogen) atoms. The van der Waals surface area contributed by atoms with E-state index >= 15 is 0 Å². The molecule has 0 spiro atoms. The number of alkyl halides is 1. The Morgan fingerprint density at radius 2 is 2.50 bits per heavy atom. The molecule has 1 aliphatic heterocycles. The van der Waals surface area contributed by atoms with E-state index in [0.29, 0.717) is 6.42 Å². The number of carbonyl (C=O) groups is 1. The Morgan fingerprint density at radius 1 is 1.75 bits per heavy atom. The molecule has 1 saturated carbocycles. The molecule has 2 aliphatic rings. The van der Waals surface area contributed by atoms with Crippen molar-refractivity contribution in [3.63, 3.8) is 0 Å². The van der Waals surface area contributed by atoms with Gasteiger partial charge in [0.25, 0.3) is 0 Å². The highest BCUT2D eigenvalue weighted by atomic mass is 127. The number of nitrogens with one attached hydrogen (secondary N) is 1. The van der Waals surface area contributed by atoms with Crippen molar-refractivity contribution < 1.29 is 13.4 Å². The molecule has 0 aromatic rings. The van der Waals surface area contributed by atoms with E-state index in [2.05, 4.69) is 5.32 Å². The van der Waals surface area contributed by atoms with Gasteiger partial charge in [0.05, 0.1) is 21.2 Å². The summed E-state index contributed by atoms with van der Waals surface area (Å²) in [6.45, 7) is 0. The molecule has 4 atom stereocenters. The molecule has 4 unspecified atom stereocenters. The smallest absolute Gasteiger partial charge is 0.226 e. The van der Waals surface area contributed by atoms with Gasteiger partial charge in [0.2, 0.25) is 5.91 Å². The lowest BCUT2D eigenvalue weighted by atomic mass is 10.1. The van der Waals surface area contributed by atoms with Crippen LogP contribution in [0.4, 0.5) is 4.39 Å². The van der Waals surface area contributed by atoms with E-state index in [4.69, 9.17) is 4.18 Å². The van der Waals surface area contributed by atoms with Crippen LogP contribution in [-0.4, -0.2) is 24.2 Å². The van der Waals surface area contributed by atoms with Gasteiger partial charge < -0.3 is 5.32 Å². The summed E-state index contributed by atoms with van der Waals surface area (Å²) in [5.74, 6) is -0.336. The van der Waals surface area contributed by atoms with Gasteiger partial charge in [-0.3, -0.25) is 8.98 Å². The number of hydrogen-bond donors (Lipinski definition) is 1. The fraction of sp³-hybridized carbons (Fsp3) is 0.833. The number of carbonyl (C=O) groups excluding carboxylic acids is 1. The van der Waals surface area contributed by atoms with E-state index in [1.807, 2.05) is 21.2 Å². The third-order valence-corrected chi connectivity index (χ3v) is 3.33. The maximum atomic E-state index is 13.1. The van der Waals surface area contributed by atoms with E-state index in [-0.39, 0.29) is 17.9 Å². The fourth-order valence-corrected chi connectivity index (χ4v) is 2.91. The molecule has 1 aliphatic carbocycles. The molecule has 1 saturated heterocycles. The summed E-state index contributed by atoms with van der Waals surface area (Å²) in [4.78, 5) is 11.1. The Morgan fingerprint density at radius 3 is 3.00 bits per heavy atom. The van der Waals surface area contributed by atoms with Crippen molar-refractivity contribution in [3.05, 3.63) is 0 Å². The minimum Gasteiger partial charge on any atom is -0.347 e. The maximum absolute atomic E-state index is 13.1. The number of fused-ring (bicyclic) bond motifs is 2. The first-order valence-corrected chi connectivity index (χ1v) is 6.91.